The summed E-state index contributed by atoms with van der Waals surface area (Å²) >= 11 is 0. The van der Waals surface area contributed by atoms with Crippen LogP contribution in [0.25, 0.3) is 5.57 Å². The van der Waals surface area contributed by atoms with Gasteiger partial charge in [-0.05, 0) is 115 Å². The van der Waals surface area contributed by atoms with Gasteiger partial charge in [-0.15, -0.1) is 4.91 Å². The quantitative estimate of drug-likeness (QED) is 0.231. The predicted molar refractivity (Wildman–Crippen MR) is 158 cm³/mol. The maximum atomic E-state index is 15.0. The molecule has 0 saturated heterocycles. The Morgan fingerprint density at radius 3 is 2.11 bits per heavy atom. The molecule has 1 fully saturated rings. The lowest BCUT2D eigenvalue weighted by atomic mass is 9.86. The van der Waals surface area contributed by atoms with Crippen molar-refractivity contribution >= 4 is 11.3 Å². The molecule has 1 N–H and O–H groups in total. The molecule has 6 heteroatoms. The molecule has 0 heterocycles. The van der Waals surface area contributed by atoms with E-state index < -0.39 is 16.9 Å². The van der Waals surface area contributed by atoms with Gasteiger partial charge in [0.1, 0.15) is 17.0 Å². The van der Waals surface area contributed by atoms with Crippen LogP contribution in [0.1, 0.15) is 85.3 Å². The van der Waals surface area contributed by atoms with E-state index in [1.165, 1.54) is 27.7 Å². The number of nitroso groups, excluding NO2 is 1. The van der Waals surface area contributed by atoms with Gasteiger partial charge in [-0.25, -0.2) is 8.78 Å². The second-order valence-corrected chi connectivity index (χ2v) is 11.6. The summed E-state index contributed by atoms with van der Waals surface area (Å²) in [4.78, 5) is 14.4. The Labute approximate surface area is 228 Å². The third-order valence-electron chi connectivity index (χ3n) is 7.71. The van der Waals surface area contributed by atoms with E-state index in [1.54, 1.807) is 31.2 Å². The van der Waals surface area contributed by atoms with Crippen LogP contribution >= 0.6 is 0 Å². The van der Waals surface area contributed by atoms with E-state index in [0.29, 0.717) is 44.9 Å². The summed E-state index contributed by atoms with van der Waals surface area (Å²) in [7, 11) is 3.94. The van der Waals surface area contributed by atoms with Gasteiger partial charge in [0.15, 0.2) is 0 Å². The zero-order valence-electron chi connectivity index (χ0n) is 24.7. The van der Waals surface area contributed by atoms with Gasteiger partial charge >= 0.3 is 0 Å². The van der Waals surface area contributed by atoms with Crippen LogP contribution in [0.4, 0.5) is 14.5 Å². The van der Waals surface area contributed by atoms with Crippen molar-refractivity contribution in [3.63, 3.8) is 0 Å². The molecule has 0 radical (unpaired) electrons. The van der Waals surface area contributed by atoms with Crippen molar-refractivity contribution in [3.05, 3.63) is 87.7 Å². The summed E-state index contributed by atoms with van der Waals surface area (Å²) in [5.74, 6) is 0. The van der Waals surface area contributed by atoms with Gasteiger partial charge in [-0.2, -0.15) is 0 Å². The number of hydrogen-bond acceptors (Lipinski definition) is 4. The lowest BCUT2D eigenvalue weighted by molar-refractivity contribution is 0.196. The molecule has 2 rings (SSSR count). The van der Waals surface area contributed by atoms with Crippen molar-refractivity contribution in [2.75, 3.05) is 19.4 Å². The summed E-state index contributed by atoms with van der Waals surface area (Å²) in [6.07, 6.45) is 7.32. The zero-order valence-corrected chi connectivity index (χ0v) is 24.7. The highest BCUT2D eigenvalue weighted by Crippen LogP contribution is 2.44. The minimum absolute atomic E-state index is 0.425. The molecule has 0 atom stereocenters. The smallest absolute Gasteiger partial charge is 0.130 e. The van der Waals surface area contributed by atoms with Gasteiger partial charge in [-0.3, -0.25) is 4.90 Å². The zero-order chi connectivity index (χ0) is 29.1. The molecule has 4 nitrogen and oxygen atoms in total. The molecule has 0 amide bonds. The Morgan fingerprint density at radius 1 is 1.11 bits per heavy atom. The molecule has 1 aliphatic carbocycles. The van der Waals surface area contributed by atoms with Gasteiger partial charge in [0, 0.05) is 22.5 Å². The number of nitrogens with zero attached hydrogens (tertiary/aromatic N) is 2. The van der Waals surface area contributed by atoms with Crippen molar-refractivity contribution in [2.24, 2.45) is 5.18 Å². The molecule has 1 aromatic carbocycles. The number of halogens is 2. The third kappa shape index (κ3) is 6.76. The van der Waals surface area contributed by atoms with E-state index in [9.17, 15) is 13.7 Å². The van der Waals surface area contributed by atoms with Crippen LogP contribution in [0.15, 0.2) is 76.8 Å². The van der Waals surface area contributed by atoms with Crippen molar-refractivity contribution in [3.8, 4) is 0 Å². The second kappa shape index (κ2) is 11.9. The van der Waals surface area contributed by atoms with Crippen molar-refractivity contribution in [1.82, 2.24) is 4.90 Å². The van der Waals surface area contributed by atoms with Crippen LogP contribution in [0.3, 0.4) is 0 Å². The number of anilines is 1. The fourth-order valence-corrected chi connectivity index (χ4v) is 5.03. The number of hydrogen-bond donors (Lipinski definition) is 1. The first-order valence-electron chi connectivity index (χ1n) is 13.2. The molecular weight excluding hydrogens is 480 g/mol. The lowest BCUT2D eigenvalue weighted by Crippen LogP contribution is -2.43. The van der Waals surface area contributed by atoms with Crippen LogP contribution in [0, 0.1) is 4.91 Å². The molecule has 0 unspecified atom stereocenters. The highest BCUT2D eigenvalue weighted by Gasteiger charge is 2.43. The molecule has 208 valence electrons. The summed E-state index contributed by atoms with van der Waals surface area (Å²) in [5, 5.41) is 6.92. The fourth-order valence-electron chi connectivity index (χ4n) is 5.03. The monoisotopic (exact) mass is 525 g/mol. The van der Waals surface area contributed by atoms with Gasteiger partial charge in [0.05, 0.1) is 5.54 Å². The Kier molecular flexibility index (Phi) is 9.82. The van der Waals surface area contributed by atoms with Crippen molar-refractivity contribution in [1.29, 1.82) is 0 Å². The van der Waals surface area contributed by atoms with Gasteiger partial charge in [0.2, 0.25) is 0 Å². The van der Waals surface area contributed by atoms with Crippen LogP contribution in [0.5, 0.6) is 0 Å². The molecule has 0 spiro atoms. The minimum Gasteiger partial charge on any atom is -0.355 e. The first-order valence-corrected chi connectivity index (χ1v) is 13.2. The predicted octanol–water partition coefficient (Wildman–Crippen LogP) is 9.39. The van der Waals surface area contributed by atoms with E-state index in [1.807, 2.05) is 34.0 Å². The number of benzene rings is 1. The maximum absolute atomic E-state index is 15.0. The topological polar surface area (TPSA) is 44.7 Å². The average molecular weight is 526 g/mol. The van der Waals surface area contributed by atoms with Crippen LogP contribution < -0.4 is 5.32 Å². The molecule has 1 aliphatic rings. The first-order chi connectivity index (χ1) is 17.5. The Balaban J connectivity index is 2.73. The average Bonchev–Trinajstić information content (AvgIpc) is 3.30. The Hall–Kier alpha value is -2.86. The highest BCUT2D eigenvalue weighted by atomic mass is 19.1. The molecule has 0 bridgehead atoms. The maximum Gasteiger partial charge on any atom is 0.130 e. The number of allylic oxidation sites excluding steroid dienone is 5. The summed E-state index contributed by atoms with van der Waals surface area (Å²) < 4.78 is 29.7. The molecule has 0 aliphatic heterocycles. The largest absolute Gasteiger partial charge is 0.355 e. The number of likely N-dealkylation sites (N-methyl/N-ethyl adjacent to an activating group) is 1. The van der Waals surface area contributed by atoms with Crippen LogP contribution in [0.2, 0.25) is 0 Å². The van der Waals surface area contributed by atoms with E-state index in [4.69, 9.17) is 0 Å². The van der Waals surface area contributed by atoms with E-state index in [-0.39, 0.29) is 0 Å². The number of nitrogens with one attached hydrogen (secondary N) is 1. The fraction of sp³-hybridized carbons (Fsp3) is 0.500. The van der Waals surface area contributed by atoms with Crippen molar-refractivity contribution in [2.45, 2.75) is 91.0 Å². The van der Waals surface area contributed by atoms with E-state index in [2.05, 4.69) is 28.6 Å². The minimum atomic E-state index is -1.57. The molecular formula is C32H45F2N3O. The first kappa shape index (κ1) is 31.4. The van der Waals surface area contributed by atoms with E-state index >= 15 is 0 Å². The molecule has 0 aromatic heterocycles. The van der Waals surface area contributed by atoms with Gasteiger partial charge < -0.3 is 5.32 Å². The normalized spacial score (nSPS) is 17.4. The number of alkyl halides is 2. The number of rotatable bonds is 11. The summed E-state index contributed by atoms with van der Waals surface area (Å²) in [5.41, 5.74) is 1.74. The molecule has 1 aromatic rings. The SMILES string of the molecule is C=C(C)/C(C(=C)Nc1ccc(C(C)(C)F)cc1C(=C/C)/C=C(\C)C(C)(C)F)=C(/N=O)C1(N(C)C)CCCC1. The van der Waals surface area contributed by atoms with E-state index in [0.717, 1.165) is 31.3 Å². The Morgan fingerprint density at radius 2 is 1.68 bits per heavy atom. The Bertz CT molecular complexity index is 1170. The van der Waals surface area contributed by atoms with Crippen LogP contribution in [-0.4, -0.2) is 30.2 Å². The highest BCUT2D eigenvalue weighted by molar-refractivity contribution is 5.84. The van der Waals surface area contributed by atoms with Crippen LogP contribution in [-0.2, 0) is 5.67 Å². The standard InChI is InChI=1S/C32H45F2N3O/c1-12-24(19-22(4)30(6,7)33)26-20-25(31(8,9)34)15-16-27(26)35-23(5)28(21(2)3)29(36-38)32(37(10)11)17-13-14-18-32/h12,15-16,19-20,35H,2,5,13-14,17-18H2,1,3-4,6-11H3/b22-19+,24-12+,29-28-. The third-order valence-corrected chi connectivity index (χ3v) is 7.71. The van der Waals surface area contributed by atoms with Crippen molar-refractivity contribution < 1.29 is 8.78 Å². The molecule has 1 saturated carbocycles. The summed E-state index contributed by atoms with van der Waals surface area (Å²) in [6.45, 7) is 19.9. The second-order valence-electron chi connectivity index (χ2n) is 11.6. The lowest BCUT2D eigenvalue weighted by Gasteiger charge is -2.37. The molecule has 38 heavy (non-hydrogen) atoms. The van der Waals surface area contributed by atoms with Gasteiger partial charge in [0.25, 0.3) is 0 Å². The summed E-state index contributed by atoms with van der Waals surface area (Å²) in [6, 6.07) is 5.30. The van der Waals surface area contributed by atoms with Gasteiger partial charge in [-0.1, -0.05) is 44.2 Å².